The molecule has 1 saturated carbocycles. The molecule has 0 spiro atoms. The second kappa shape index (κ2) is 9.68. The van der Waals surface area contributed by atoms with Crippen molar-refractivity contribution in [1.29, 1.82) is 0 Å². The maximum atomic E-state index is 13.6. The van der Waals surface area contributed by atoms with Gasteiger partial charge >= 0.3 is 0 Å². The minimum atomic E-state index is -0.628. The Morgan fingerprint density at radius 1 is 1.25 bits per heavy atom. The van der Waals surface area contributed by atoms with Crippen molar-refractivity contribution >= 4 is 33.0 Å². The number of anilines is 1. The predicted molar refractivity (Wildman–Crippen MR) is 109 cm³/mol. The van der Waals surface area contributed by atoms with Gasteiger partial charge in [-0.1, -0.05) is 36.7 Å². The van der Waals surface area contributed by atoms with Crippen molar-refractivity contribution in [1.82, 2.24) is 9.97 Å². The van der Waals surface area contributed by atoms with E-state index in [2.05, 4.69) is 9.97 Å². The SMILES string of the molecule is CN(Cc1cccnc1)c1nc2c(F)cc(F)cc2s1.O=CC1CCCCC1. The van der Waals surface area contributed by atoms with Crippen LogP contribution in [0.15, 0.2) is 36.7 Å². The highest BCUT2D eigenvalue weighted by atomic mass is 32.1. The molecule has 1 fully saturated rings. The van der Waals surface area contributed by atoms with Crippen LogP contribution in [0.4, 0.5) is 13.9 Å². The third-order valence-corrected chi connectivity index (χ3v) is 5.83. The number of nitrogens with zero attached hydrogens (tertiary/aromatic N) is 3. The number of aldehydes is 1. The van der Waals surface area contributed by atoms with E-state index in [1.54, 1.807) is 12.4 Å². The topological polar surface area (TPSA) is 46.1 Å². The van der Waals surface area contributed by atoms with Crippen LogP contribution in [-0.4, -0.2) is 23.3 Å². The summed E-state index contributed by atoms with van der Waals surface area (Å²) in [5.74, 6) is -0.804. The van der Waals surface area contributed by atoms with Crippen LogP contribution in [0.25, 0.3) is 10.2 Å². The van der Waals surface area contributed by atoms with E-state index in [0.29, 0.717) is 22.3 Å². The van der Waals surface area contributed by atoms with Crippen LogP contribution in [0.3, 0.4) is 0 Å². The summed E-state index contributed by atoms with van der Waals surface area (Å²) >= 11 is 1.27. The molecule has 7 heteroatoms. The lowest BCUT2D eigenvalue weighted by Crippen LogP contribution is -2.16. The zero-order valence-electron chi connectivity index (χ0n) is 15.8. The van der Waals surface area contributed by atoms with Crippen LogP contribution in [-0.2, 0) is 11.3 Å². The van der Waals surface area contributed by atoms with E-state index in [4.69, 9.17) is 0 Å². The number of benzene rings is 1. The molecule has 2 heterocycles. The van der Waals surface area contributed by atoms with Gasteiger partial charge in [0.25, 0.3) is 0 Å². The van der Waals surface area contributed by atoms with Crippen LogP contribution < -0.4 is 4.90 Å². The fourth-order valence-electron chi connectivity index (χ4n) is 3.21. The molecule has 1 aliphatic rings. The zero-order chi connectivity index (χ0) is 19.9. The summed E-state index contributed by atoms with van der Waals surface area (Å²) in [6.07, 6.45) is 10.7. The first-order valence-corrected chi connectivity index (χ1v) is 10.2. The first kappa shape index (κ1) is 20.3. The smallest absolute Gasteiger partial charge is 0.186 e. The Balaban J connectivity index is 0.000000236. The van der Waals surface area contributed by atoms with Gasteiger partial charge < -0.3 is 9.69 Å². The number of halogens is 2. The zero-order valence-corrected chi connectivity index (χ0v) is 16.6. The Labute approximate surface area is 167 Å². The Kier molecular flexibility index (Phi) is 7.03. The average Bonchev–Trinajstić information content (AvgIpc) is 3.14. The number of rotatable bonds is 4. The summed E-state index contributed by atoms with van der Waals surface area (Å²) in [4.78, 5) is 20.3. The van der Waals surface area contributed by atoms with E-state index in [1.165, 1.54) is 36.7 Å². The number of hydrogen-bond donors (Lipinski definition) is 0. The standard InChI is InChI=1S/C14H11F2N3S.C7H12O/c1-19(8-9-3-2-4-17-7-9)14-18-13-11(16)5-10(15)6-12(13)20-14;8-6-7-4-2-1-3-5-7/h2-7H,8H2,1H3;6-7H,1-5H2. The van der Waals surface area contributed by atoms with E-state index < -0.39 is 11.6 Å². The first-order valence-electron chi connectivity index (χ1n) is 9.37. The Morgan fingerprint density at radius 2 is 2.04 bits per heavy atom. The summed E-state index contributed by atoms with van der Waals surface area (Å²) in [5.41, 5.74) is 1.24. The van der Waals surface area contributed by atoms with Gasteiger partial charge in [0.15, 0.2) is 10.9 Å². The number of aromatic nitrogens is 2. The van der Waals surface area contributed by atoms with E-state index in [1.807, 2.05) is 24.1 Å². The number of carbonyl (C=O) groups is 1. The minimum absolute atomic E-state index is 0.212. The molecule has 28 heavy (non-hydrogen) atoms. The van der Waals surface area contributed by atoms with Crippen LogP contribution in [0, 0.1) is 17.6 Å². The van der Waals surface area contributed by atoms with Gasteiger partial charge in [-0.25, -0.2) is 13.8 Å². The van der Waals surface area contributed by atoms with Gasteiger partial charge in [-0.05, 0) is 30.5 Å². The fraction of sp³-hybridized carbons (Fsp3) is 0.381. The number of carbonyl (C=O) groups excluding carboxylic acids is 1. The first-order chi connectivity index (χ1) is 13.6. The van der Waals surface area contributed by atoms with Gasteiger partial charge in [0.2, 0.25) is 0 Å². The highest BCUT2D eigenvalue weighted by molar-refractivity contribution is 7.22. The van der Waals surface area contributed by atoms with Crippen molar-refractivity contribution in [3.63, 3.8) is 0 Å². The van der Waals surface area contributed by atoms with Crippen LogP contribution in [0.5, 0.6) is 0 Å². The molecule has 0 unspecified atom stereocenters. The molecule has 0 atom stereocenters. The molecule has 0 bridgehead atoms. The maximum absolute atomic E-state index is 13.6. The lowest BCUT2D eigenvalue weighted by Gasteiger charge is -2.14. The van der Waals surface area contributed by atoms with Crippen molar-refractivity contribution < 1.29 is 13.6 Å². The van der Waals surface area contributed by atoms with E-state index >= 15 is 0 Å². The Hall–Kier alpha value is -2.41. The lowest BCUT2D eigenvalue weighted by molar-refractivity contribution is -0.111. The average molecular weight is 403 g/mol. The molecule has 1 aromatic carbocycles. The van der Waals surface area contributed by atoms with E-state index in [0.717, 1.165) is 30.8 Å². The molecule has 148 valence electrons. The summed E-state index contributed by atoms with van der Waals surface area (Å²) < 4.78 is 27.3. The highest BCUT2D eigenvalue weighted by Crippen LogP contribution is 2.31. The molecule has 0 saturated heterocycles. The molecule has 1 aliphatic carbocycles. The summed E-state index contributed by atoms with van der Waals surface area (Å²) in [6, 6.07) is 5.97. The summed E-state index contributed by atoms with van der Waals surface area (Å²) in [5, 5.41) is 0.647. The fourth-order valence-corrected chi connectivity index (χ4v) is 4.18. The highest BCUT2D eigenvalue weighted by Gasteiger charge is 2.13. The van der Waals surface area contributed by atoms with Gasteiger partial charge in [0.05, 0.1) is 4.70 Å². The summed E-state index contributed by atoms with van der Waals surface area (Å²) in [7, 11) is 1.86. The normalized spacial score (nSPS) is 14.4. The third-order valence-electron chi connectivity index (χ3n) is 4.71. The van der Waals surface area contributed by atoms with Crippen molar-refractivity contribution in [3.8, 4) is 0 Å². The van der Waals surface area contributed by atoms with Crippen LogP contribution >= 0.6 is 11.3 Å². The van der Waals surface area contributed by atoms with Crippen molar-refractivity contribution in [2.75, 3.05) is 11.9 Å². The second-order valence-electron chi connectivity index (χ2n) is 6.98. The van der Waals surface area contributed by atoms with Crippen molar-refractivity contribution in [2.45, 2.75) is 38.6 Å². The van der Waals surface area contributed by atoms with E-state index in [-0.39, 0.29) is 5.52 Å². The minimum Gasteiger partial charge on any atom is -0.347 e. The molecule has 0 aliphatic heterocycles. The quantitative estimate of drug-likeness (QED) is 0.549. The van der Waals surface area contributed by atoms with Crippen molar-refractivity contribution in [3.05, 3.63) is 53.9 Å². The summed E-state index contributed by atoms with van der Waals surface area (Å²) in [6.45, 7) is 0.609. The molecular weight excluding hydrogens is 380 g/mol. The van der Waals surface area contributed by atoms with Crippen LogP contribution in [0.2, 0.25) is 0 Å². The largest absolute Gasteiger partial charge is 0.347 e. The molecule has 0 amide bonds. The number of thiazole rings is 1. The van der Waals surface area contributed by atoms with Crippen molar-refractivity contribution in [2.24, 2.45) is 5.92 Å². The predicted octanol–water partition coefficient (Wildman–Crippen LogP) is 5.37. The van der Waals surface area contributed by atoms with Gasteiger partial charge in [0, 0.05) is 38.0 Å². The van der Waals surface area contributed by atoms with Gasteiger partial charge in [0.1, 0.15) is 17.6 Å². The molecule has 3 aromatic rings. The Bertz CT molecular complexity index is 911. The maximum Gasteiger partial charge on any atom is 0.186 e. The monoisotopic (exact) mass is 403 g/mol. The second-order valence-corrected chi connectivity index (χ2v) is 7.99. The van der Waals surface area contributed by atoms with Gasteiger partial charge in [-0.2, -0.15) is 0 Å². The van der Waals surface area contributed by atoms with E-state index in [9.17, 15) is 13.6 Å². The molecule has 4 nitrogen and oxygen atoms in total. The Morgan fingerprint density at radius 3 is 2.68 bits per heavy atom. The molecular formula is C21H23F2N3OS. The lowest BCUT2D eigenvalue weighted by atomic mass is 9.91. The molecule has 0 N–H and O–H groups in total. The molecule has 4 rings (SSSR count). The third kappa shape index (κ3) is 5.32. The number of hydrogen-bond acceptors (Lipinski definition) is 5. The van der Waals surface area contributed by atoms with Gasteiger partial charge in [-0.15, -0.1) is 0 Å². The number of fused-ring (bicyclic) bond motifs is 1. The molecule has 2 aromatic heterocycles. The van der Waals surface area contributed by atoms with Gasteiger partial charge in [-0.3, -0.25) is 4.98 Å². The van der Waals surface area contributed by atoms with Crippen LogP contribution in [0.1, 0.15) is 37.7 Å². The molecule has 0 radical (unpaired) electrons. The number of pyridine rings is 1.